The summed E-state index contributed by atoms with van der Waals surface area (Å²) in [5, 5.41) is 23.4. The maximum atomic E-state index is 12.6. The van der Waals surface area contributed by atoms with Crippen molar-refractivity contribution in [2.45, 2.75) is 546 Å². The Balaban J connectivity index is 3.31. The van der Waals surface area contributed by atoms with Gasteiger partial charge in [0.2, 0.25) is 5.91 Å². The molecule has 99 heavy (non-hydrogen) atoms. The minimum atomic E-state index is -0.842. The van der Waals surface area contributed by atoms with Gasteiger partial charge in [0.05, 0.1) is 25.4 Å². The van der Waals surface area contributed by atoms with E-state index in [1.807, 2.05) is 6.08 Å². The van der Waals surface area contributed by atoms with E-state index in [0.29, 0.717) is 19.4 Å². The molecule has 1 amide bonds. The van der Waals surface area contributed by atoms with E-state index in [0.717, 1.165) is 38.5 Å². The average molecular weight is 1390 g/mol. The number of amides is 1. The Bertz CT molecular complexity index is 1560. The standard InChI is InChI=1S/C93H181NO5/c1-3-5-7-9-11-13-15-17-19-21-23-24-25-41-44-47-50-53-57-61-65-69-73-77-81-85-91(96)90(89-95)94-92(97)86-82-78-74-70-66-62-58-54-51-48-45-42-39-37-35-33-31-29-27-26-28-30-32-34-36-38-40-43-46-49-52-56-60-64-68-72-76-80-84-88-99-93(98)87-83-79-75-71-67-63-59-55-22-20-18-16-14-12-10-8-6-4-2/h20,22,81,85,90-91,95-96H,3-19,21,23-80,82-84,86-89H2,1-2H3,(H,94,97)/b22-20-,85-81+. The summed E-state index contributed by atoms with van der Waals surface area (Å²) < 4.78 is 5.52. The van der Waals surface area contributed by atoms with Gasteiger partial charge in [-0.25, -0.2) is 0 Å². The smallest absolute Gasteiger partial charge is 0.305 e. The first-order valence-corrected chi connectivity index (χ1v) is 46.1. The molecule has 6 nitrogen and oxygen atoms in total. The Morgan fingerprint density at radius 1 is 0.273 bits per heavy atom. The number of rotatable bonds is 88. The molecule has 0 aliphatic carbocycles. The van der Waals surface area contributed by atoms with Crippen molar-refractivity contribution < 1.29 is 24.5 Å². The zero-order chi connectivity index (χ0) is 71.2. The summed E-state index contributed by atoms with van der Waals surface area (Å²) in [7, 11) is 0. The van der Waals surface area contributed by atoms with Crippen molar-refractivity contribution in [1.29, 1.82) is 0 Å². The van der Waals surface area contributed by atoms with Crippen LogP contribution in [-0.2, 0) is 14.3 Å². The molecule has 0 saturated heterocycles. The maximum absolute atomic E-state index is 12.6. The summed E-state index contributed by atoms with van der Waals surface area (Å²) in [6.07, 6.45) is 117. The molecule has 3 N–H and O–H groups in total. The van der Waals surface area contributed by atoms with E-state index in [1.165, 1.54) is 469 Å². The summed E-state index contributed by atoms with van der Waals surface area (Å²) in [5.41, 5.74) is 0. The Morgan fingerprint density at radius 3 is 0.717 bits per heavy atom. The molecule has 0 aromatic carbocycles. The van der Waals surface area contributed by atoms with Gasteiger partial charge >= 0.3 is 5.97 Å². The van der Waals surface area contributed by atoms with E-state index in [1.54, 1.807) is 6.08 Å². The van der Waals surface area contributed by atoms with E-state index >= 15 is 0 Å². The first-order valence-electron chi connectivity index (χ1n) is 46.1. The van der Waals surface area contributed by atoms with Crippen molar-refractivity contribution in [3.05, 3.63) is 24.3 Å². The van der Waals surface area contributed by atoms with E-state index in [4.69, 9.17) is 4.74 Å². The molecule has 0 heterocycles. The molecule has 0 radical (unpaired) electrons. The molecular weight excluding hydrogens is 1210 g/mol. The molecule has 0 rings (SSSR count). The minimum absolute atomic E-state index is 0.0223. The molecule has 0 saturated carbocycles. The van der Waals surface area contributed by atoms with Crippen molar-refractivity contribution in [2.75, 3.05) is 13.2 Å². The zero-order valence-electron chi connectivity index (χ0n) is 67.8. The van der Waals surface area contributed by atoms with Gasteiger partial charge in [0.25, 0.3) is 0 Å². The van der Waals surface area contributed by atoms with Crippen LogP contribution in [0.1, 0.15) is 534 Å². The highest BCUT2D eigenvalue weighted by Crippen LogP contribution is 2.22. The number of carbonyl (C=O) groups excluding carboxylic acids is 2. The van der Waals surface area contributed by atoms with Crippen LogP contribution in [0.5, 0.6) is 0 Å². The van der Waals surface area contributed by atoms with Crippen molar-refractivity contribution in [3.8, 4) is 0 Å². The van der Waals surface area contributed by atoms with Gasteiger partial charge < -0.3 is 20.3 Å². The SMILES string of the molecule is CCCCCCCCC/C=C\CCCCCCCCCC(=O)OCCCCCCCCCCCCCCCCCCCCCCCCCCCCCCCCCCCCCCCCCC(=O)NC(CO)C(O)/C=C/CCCCCCCCCCCCCCCCCCCCCCCCC. The molecule has 6 heteroatoms. The monoisotopic (exact) mass is 1390 g/mol. The maximum Gasteiger partial charge on any atom is 0.305 e. The summed E-state index contributed by atoms with van der Waals surface area (Å²) >= 11 is 0. The average Bonchev–Trinajstić information content (AvgIpc) is 2.05. The van der Waals surface area contributed by atoms with Crippen molar-refractivity contribution >= 4 is 11.9 Å². The Morgan fingerprint density at radius 2 is 0.475 bits per heavy atom. The summed E-state index contributed by atoms with van der Waals surface area (Å²) in [4.78, 5) is 24.7. The van der Waals surface area contributed by atoms with Gasteiger partial charge in [-0.15, -0.1) is 0 Å². The van der Waals surface area contributed by atoms with Crippen LogP contribution >= 0.6 is 0 Å². The van der Waals surface area contributed by atoms with Crippen LogP contribution in [0.3, 0.4) is 0 Å². The molecule has 0 fully saturated rings. The van der Waals surface area contributed by atoms with Gasteiger partial charge in [-0.2, -0.15) is 0 Å². The highest BCUT2D eigenvalue weighted by atomic mass is 16.5. The van der Waals surface area contributed by atoms with E-state index in [9.17, 15) is 19.8 Å². The van der Waals surface area contributed by atoms with Gasteiger partial charge in [0, 0.05) is 12.8 Å². The number of ether oxygens (including phenoxy) is 1. The largest absolute Gasteiger partial charge is 0.466 e. The van der Waals surface area contributed by atoms with Gasteiger partial charge in [-0.3, -0.25) is 9.59 Å². The fourth-order valence-corrected chi connectivity index (χ4v) is 15.0. The lowest BCUT2D eigenvalue weighted by Gasteiger charge is -2.20. The lowest BCUT2D eigenvalue weighted by Crippen LogP contribution is -2.45. The summed E-state index contributed by atoms with van der Waals surface area (Å²) in [6.45, 7) is 4.97. The number of hydrogen-bond donors (Lipinski definition) is 3. The Labute approximate surface area is 622 Å². The highest BCUT2D eigenvalue weighted by Gasteiger charge is 2.18. The van der Waals surface area contributed by atoms with Gasteiger partial charge in [-0.05, 0) is 57.8 Å². The van der Waals surface area contributed by atoms with Crippen molar-refractivity contribution in [2.24, 2.45) is 0 Å². The number of hydrogen-bond acceptors (Lipinski definition) is 5. The molecule has 0 aromatic heterocycles. The molecule has 0 spiro atoms. The predicted octanol–water partition coefficient (Wildman–Crippen LogP) is 31.1. The number of aliphatic hydroxyl groups is 2. The number of esters is 1. The van der Waals surface area contributed by atoms with Crippen molar-refractivity contribution in [1.82, 2.24) is 5.32 Å². The minimum Gasteiger partial charge on any atom is -0.466 e. The summed E-state index contributed by atoms with van der Waals surface area (Å²) in [5.74, 6) is -0.0332. The molecular formula is C93H181NO5. The van der Waals surface area contributed by atoms with E-state index in [-0.39, 0.29) is 18.5 Å². The Kier molecular flexibility index (Phi) is 87.2. The predicted molar refractivity (Wildman–Crippen MR) is 440 cm³/mol. The molecule has 0 bridgehead atoms. The van der Waals surface area contributed by atoms with Crippen LogP contribution in [0.4, 0.5) is 0 Å². The molecule has 588 valence electrons. The lowest BCUT2D eigenvalue weighted by atomic mass is 10.0. The quantitative estimate of drug-likeness (QED) is 0.0320. The zero-order valence-corrected chi connectivity index (χ0v) is 67.8. The Hall–Kier alpha value is -1.66. The second kappa shape index (κ2) is 88.7. The third kappa shape index (κ3) is 85.2. The van der Waals surface area contributed by atoms with Crippen LogP contribution in [0.25, 0.3) is 0 Å². The highest BCUT2D eigenvalue weighted by molar-refractivity contribution is 5.76. The fraction of sp³-hybridized carbons (Fsp3) is 0.935. The number of carbonyl (C=O) groups is 2. The molecule has 0 aromatic rings. The van der Waals surface area contributed by atoms with Crippen LogP contribution < -0.4 is 5.32 Å². The van der Waals surface area contributed by atoms with E-state index in [2.05, 4.69) is 31.3 Å². The molecule has 0 aliphatic rings. The fourth-order valence-electron chi connectivity index (χ4n) is 15.0. The molecule has 2 unspecified atom stereocenters. The van der Waals surface area contributed by atoms with Crippen LogP contribution in [0, 0.1) is 0 Å². The lowest BCUT2D eigenvalue weighted by molar-refractivity contribution is -0.143. The number of allylic oxidation sites excluding steroid dienone is 3. The normalized spacial score (nSPS) is 12.5. The van der Waals surface area contributed by atoms with Crippen LogP contribution in [0.15, 0.2) is 24.3 Å². The van der Waals surface area contributed by atoms with E-state index < -0.39 is 12.1 Å². The third-order valence-electron chi connectivity index (χ3n) is 22.0. The topological polar surface area (TPSA) is 95.9 Å². The van der Waals surface area contributed by atoms with Gasteiger partial charge in [-0.1, -0.05) is 488 Å². The second-order valence-electron chi connectivity index (χ2n) is 32.0. The van der Waals surface area contributed by atoms with Gasteiger partial charge in [0.15, 0.2) is 0 Å². The number of unbranched alkanes of at least 4 members (excludes halogenated alkanes) is 75. The second-order valence-corrected chi connectivity index (χ2v) is 32.0. The number of nitrogens with one attached hydrogen (secondary N) is 1. The molecule has 0 aliphatic heterocycles. The number of aliphatic hydroxyl groups excluding tert-OH is 2. The third-order valence-corrected chi connectivity index (χ3v) is 22.0. The van der Waals surface area contributed by atoms with Crippen molar-refractivity contribution in [3.63, 3.8) is 0 Å². The first-order chi connectivity index (χ1) is 49.0. The summed E-state index contributed by atoms with van der Waals surface area (Å²) in [6, 6.07) is -0.625. The van der Waals surface area contributed by atoms with Gasteiger partial charge in [0.1, 0.15) is 0 Å². The molecule has 2 atom stereocenters. The van der Waals surface area contributed by atoms with Crippen LogP contribution in [-0.4, -0.2) is 47.4 Å². The van der Waals surface area contributed by atoms with Crippen LogP contribution in [0.2, 0.25) is 0 Å². The first kappa shape index (κ1) is 97.3.